The van der Waals surface area contributed by atoms with Gasteiger partial charge < -0.3 is 19.5 Å². The Balaban J connectivity index is 2.21. The Morgan fingerprint density at radius 1 is 1.14 bits per heavy atom. The average Bonchev–Trinajstić information content (AvgIpc) is 2.48. The fourth-order valence-electron chi connectivity index (χ4n) is 1.66. The fraction of sp³-hybridized carbons (Fsp3) is 0.357. The lowest BCUT2D eigenvalue weighted by atomic mass is 10.2. The lowest BCUT2D eigenvalue weighted by molar-refractivity contribution is 0.184. The predicted octanol–water partition coefficient (Wildman–Crippen LogP) is 2.25. The highest BCUT2D eigenvalue weighted by molar-refractivity contribution is 5.32. The van der Waals surface area contributed by atoms with Crippen molar-refractivity contribution in [2.75, 3.05) is 26.1 Å². The number of hydrogen-bond donors (Lipinski definition) is 1. The minimum absolute atomic E-state index is 0.173. The van der Waals surface area contributed by atoms with Gasteiger partial charge in [0.2, 0.25) is 5.95 Å². The van der Waals surface area contributed by atoms with Gasteiger partial charge in [-0.15, -0.1) is 4.98 Å². The maximum absolute atomic E-state index is 5.66. The van der Waals surface area contributed by atoms with Gasteiger partial charge in [0.25, 0.3) is 0 Å². The lowest BCUT2D eigenvalue weighted by Crippen LogP contribution is -2.05. The van der Waals surface area contributed by atoms with Crippen LogP contribution in [0.25, 0.3) is 0 Å². The number of nitrogens with one attached hydrogen (secondary N) is 1. The quantitative estimate of drug-likeness (QED) is 0.837. The van der Waals surface area contributed by atoms with Gasteiger partial charge >= 0.3 is 12.0 Å². The van der Waals surface area contributed by atoms with Gasteiger partial charge in [-0.2, -0.15) is 9.97 Å². The molecule has 1 N–H and O–H groups in total. The van der Waals surface area contributed by atoms with Gasteiger partial charge in [-0.25, -0.2) is 0 Å². The molecular formula is C14H18N4O3. The molecule has 0 bridgehead atoms. The van der Waals surface area contributed by atoms with E-state index >= 15 is 0 Å². The van der Waals surface area contributed by atoms with E-state index in [0.29, 0.717) is 24.9 Å². The van der Waals surface area contributed by atoms with Crippen LogP contribution in [0.5, 0.6) is 17.8 Å². The second-order valence-electron chi connectivity index (χ2n) is 4.09. The molecule has 1 aromatic heterocycles. The molecule has 0 radical (unpaired) electrons. The molecule has 0 saturated carbocycles. The number of rotatable bonds is 7. The standard InChI is InChI=1S/C14H18N4O3/c1-4-20-13-16-12(15-2)17-14(18-13)21-11-7-5-6-10(8-11)9-19-3/h5-8H,4,9H2,1-3H3,(H,15,16,17,18). The first-order valence-corrected chi connectivity index (χ1v) is 6.57. The smallest absolute Gasteiger partial charge is 0.330 e. The van der Waals surface area contributed by atoms with Crippen LogP contribution < -0.4 is 14.8 Å². The Labute approximate surface area is 123 Å². The molecular weight excluding hydrogens is 272 g/mol. The van der Waals surface area contributed by atoms with Crippen LogP contribution in [0.4, 0.5) is 5.95 Å². The molecule has 0 unspecified atom stereocenters. The van der Waals surface area contributed by atoms with E-state index in [4.69, 9.17) is 14.2 Å². The molecule has 2 rings (SSSR count). The van der Waals surface area contributed by atoms with Gasteiger partial charge in [-0.3, -0.25) is 0 Å². The molecule has 0 amide bonds. The number of hydrogen-bond acceptors (Lipinski definition) is 7. The van der Waals surface area contributed by atoms with Crippen molar-refractivity contribution in [3.8, 4) is 17.8 Å². The van der Waals surface area contributed by atoms with Crippen molar-refractivity contribution in [1.29, 1.82) is 0 Å². The van der Waals surface area contributed by atoms with Gasteiger partial charge in [-0.05, 0) is 24.6 Å². The molecule has 21 heavy (non-hydrogen) atoms. The van der Waals surface area contributed by atoms with E-state index < -0.39 is 0 Å². The summed E-state index contributed by atoms with van der Waals surface area (Å²) in [5, 5.41) is 2.84. The van der Waals surface area contributed by atoms with E-state index in [-0.39, 0.29) is 12.0 Å². The predicted molar refractivity (Wildman–Crippen MR) is 77.8 cm³/mol. The molecule has 0 spiro atoms. The zero-order chi connectivity index (χ0) is 15.1. The van der Waals surface area contributed by atoms with Crippen molar-refractivity contribution < 1.29 is 14.2 Å². The van der Waals surface area contributed by atoms with Crippen molar-refractivity contribution in [3.63, 3.8) is 0 Å². The molecule has 7 heteroatoms. The maximum atomic E-state index is 5.66. The van der Waals surface area contributed by atoms with Crippen molar-refractivity contribution in [2.24, 2.45) is 0 Å². The highest BCUT2D eigenvalue weighted by Gasteiger charge is 2.09. The number of nitrogens with zero attached hydrogens (tertiary/aromatic N) is 3. The van der Waals surface area contributed by atoms with Crippen LogP contribution in [-0.4, -0.2) is 35.7 Å². The van der Waals surface area contributed by atoms with E-state index in [0.717, 1.165) is 5.56 Å². The summed E-state index contributed by atoms with van der Waals surface area (Å²) in [5.74, 6) is 1.01. The number of aromatic nitrogens is 3. The minimum atomic E-state index is 0.173. The van der Waals surface area contributed by atoms with E-state index in [1.807, 2.05) is 31.2 Å². The van der Waals surface area contributed by atoms with Crippen molar-refractivity contribution >= 4 is 5.95 Å². The summed E-state index contributed by atoms with van der Waals surface area (Å²) in [5.41, 5.74) is 1.00. The number of ether oxygens (including phenoxy) is 3. The third-order valence-corrected chi connectivity index (χ3v) is 2.51. The van der Waals surface area contributed by atoms with Crippen molar-refractivity contribution in [1.82, 2.24) is 15.0 Å². The summed E-state index contributed by atoms with van der Waals surface area (Å²) in [4.78, 5) is 12.3. The summed E-state index contributed by atoms with van der Waals surface area (Å²) in [6, 6.07) is 7.92. The van der Waals surface area contributed by atoms with Crippen molar-refractivity contribution in [2.45, 2.75) is 13.5 Å². The van der Waals surface area contributed by atoms with Gasteiger partial charge in [0.1, 0.15) is 5.75 Å². The molecule has 112 valence electrons. The monoisotopic (exact) mass is 290 g/mol. The van der Waals surface area contributed by atoms with Crippen LogP contribution in [0.3, 0.4) is 0 Å². The third-order valence-electron chi connectivity index (χ3n) is 2.51. The molecule has 0 saturated heterocycles. The molecule has 1 heterocycles. The normalized spacial score (nSPS) is 10.2. The SMILES string of the molecule is CCOc1nc(NC)nc(Oc2cccc(COC)c2)n1. The van der Waals surface area contributed by atoms with Crippen LogP contribution in [0, 0.1) is 0 Å². The Morgan fingerprint density at radius 2 is 1.95 bits per heavy atom. The van der Waals surface area contributed by atoms with Gasteiger partial charge in [0, 0.05) is 14.2 Å². The number of methoxy groups -OCH3 is 1. The van der Waals surface area contributed by atoms with Crippen LogP contribution in [0.15, 0.2) is 24.3 Å². The third kappa shape index (κ3) is 4.28. The number of benzene rings is 1. The molecule has 0 atom stereocenters. The second-order valence-corrected chi connectivity index (χ2v) is 4.09. The topological polar surface area (TPSA) is 78.4 Å². The maximum Gasteiger partial charge on any atom is 0.330 e. The van der Waals surface area contributed by atoms with Crippen LogP contribution in [-0.2, 0) is 11.3 Å². The highest BCUT2D eigenvalue weighted by Crippen LogP contribution is 2.21. The fourth-order valence-corrected chi connectivity index (χ4v) is 1.66. The Kier molecular flexibility index (Phi) is 5.28. The molecule has 0 aliphatic rings. The van der Waals surface area contributed by atoms with Crippen LogP contribution in [0.2, 0.25) is 0 Å². The van der Waals surface area contributed by atoms with Crippen LogP contribution >= 0.6 is 0 Å². The second kappa shape index (κ2) is 7.39. The highest BCUT2D eigenvalue weighted by atomic mass is 16.5. The van der Waals surface area contributed by atoms with Gasteiger partial charge in [-0.1, -0.05) is 12.1 Å². The van der Waals surface area contributed by atoms with Crippen LogP contribution in [0.1, 0.15) is 12.5 Å². The Morgan fingerprint density at radius 3 is 2.67 bits per heavy atom. The average molecular weight is 290 g/mol. The first-order valence-electron chi connectivity index (χ1n) is 6.57. The molecule has 7 nitrogen and oxygen atoms in total. The van der Waals surface area contributed by atoms with Gasteiger partial charge in [0.05, 0.1) is 13.2 Å². The van der Waals surface area contributed by atoms with E-state index in [2.05, 4.69) is 20.3 Å². The summed E-state index contributed by atoms with van der Waals surface area (Å²) in [7, 11) is 3.36. The van der Waals surface area contributed by atoms with Gasteiger partial charge in [0.15, 0.2) is 0 Å². The van der Waals surface area contributed by atoms with E-state index in [1.54, 1.807) is 14.2 Å². The summed E-state index contributed by atoms with van der Waals surface area (Å²) < 4.78 is 16.0. The molecule has 1 aromatic carbocycles. The lowest BCUT2D eigenvalue weighted by Gasteiger charge is -2.08. The largest absolute Gasteiger partial charge is 0.464 e. The molecule has 0 aliphatic heterocycles. The Hall–Kier alpha value is -2.41. The summed E-state index contributed by atoms with van der Waals surface area (Å²) >= 11 is 0. The van der Waals surface area contributed by atoms with E-state index in [9.17, 15) is 0 Å². The first-order chi connectivity index (χ1) is 10.2. The zero-order valence-corrected chi connectivity index (χ0v) is 12.3. The first kappa shape index (κ1) is 15.0. The zero-order valence-electron chi connectivity index (χ0n) is 12.3. The minimum Gasteiger partial charge on any atom is -0.464 e. The molecule has 0 aliphatic carbocycles. The molecule has 2 aromatic rings. The summed E-state index contributed by atoms with van der Waals surface area (Å²) in [6.45, 7) is 2.84. The summed E-state index contributed by atoms with van der Waals surface area (Å²) in [6.07, 6.45) is 0. The van der Waals surface area contributed by atoms with Crippen molar-refractivity contribution in [3.05, 3.63) is 29.8 Å². The molecule has 0 fully saturated rings. The number of anilines is 1. The Bertz CT molecular complexity index is 592. The van der Waals surface area contributed by atoms with E-state index in [1.165, 1.54) is 0 Å².